The van der Waals surface area contributed by atoms with Crippen LogP contribution >= 0.6 is 0 Å². The fraction of sp³-hybridized carbons (Fsp3) is 0.615. The van der Waals surface area contributed by atoms with Gasteiger partial charge in [-0.2, -0.15) is 4.98 Å². The predicted molar refractivity (Wildman–Crippen MR) is 74.7 cm³/mol. The van der Waals surface area contributed by atoms with E-state index in [1.54, 1.807) is 6.92 Å². The Bertz CT molecular complexity index is 535. The quantitative estimate of drug-likeness (QED) is 0.742. The van der Waals surface area contributed by atoms with Gasteiger partial charge in [-0.15, -0.1) is 0 Å². The van der Waals surface area contributed by atoms with Crippen LogP contribution in [0.5, 0.6) is 0 Å². The number of aromatic nitrogens is 4. The Balaban J connectivity index is 1.92. The van der Waals surface area contributed by atoms with E-state index in [2.05, 4.69) is 20.4 Å². The molecule has 20 heavy (non-hydrogen) atoms. The third kappa shape index (κ3) is 4.06. The van der Waals surface area contributed by atoms with Gasteiger partial charge in [0.2, 0.25) is 11.8 Å². The molecule has 7 heteroatoms. The van der Waals surface area contributed by atoms with Gasteiger partial charge < -0.3 is 19.1 Å². The lowest BCUT2D eigenvalue weighted by Crippen LogP contribution is -2.11. The van der Waals surface area contributed by atoms with Crippen molar-refractivity contribution in [1.82, 2.24) is 19.7 Å². The lowest BCUT2D eigenvalue weighted by atomic mass is 10.4. The zero-order valence-corrected chi connectivity index (χ0v) is 12.2. The number of anilines is 1. The first-order valence-electron chi connectivity index (χ1n) is 6.83. The fourth-order valence-corrected chi connectivity index (χ4v) is 1.88. The summed E-state index contributed by atoms with van der Waals surface area (Å²) < 4.78 is 12.4. The molecule has 0 saturated carbocycles. The summed E-state index contributed by atoms with van der Waals surface area (Å²) in [5.74, 6) is 2.04. The highest BCUT2D eigenvalue weighted by molar-refractivity contribution is 5.29. The molecular formula is C13H21N5O2. The lowest BCUT2D eigenvalue weighted by molar-refractivity contribution is 0.147. The standard InChI is InChI=1S/C13H21N5O2/c1-4-19-7-5-6-14-13-15-10(2)8-18(13)9-12-16-11(3)17-20-12/h8H,4-7,9H2,1-3H3,(H,14,15). The highest BCUT2D eigenvalue weighted by Crippen LogP contribution is 2.11. The van der Waals surface area contributed by atoms with Gasteiger partial charge in [0.05, 0.1) is 5.69 Å². The third-order valence-electron chi connectivity index (χ3n) is 2.72. The molecular weight excluding hydrogens is 258 g/mol. The van der Waals surface area contributed by atoms with Gasteiger partial charge in [0.1, 0.15) is 6.54 Å². The maximum absolute atomic E-state index is 5.30. The van der Waals surface area contributed by atoms with Crippen LogP contribution in [0.25, 0.3) is 0 Å². The van der Waals surface area contributed by atoms with Crippen LogP contribution in [-0.2, 0) is 11.3 Å². The summed E-state index contributed by atoms with van der Waals surface area (Å²) in [6.45, 7) is 8.61. The van der Waals surface area contributed by atoms with E-state index in [4.69, 9.17) is 9.26 Å². The van der Waals surface area contributed by atoms with Crippen molar-refractivity contribution in [3.8, 4) is 0 Å². The largest absolute Gasteiger partial charge is 0.382 e. The van der Waals surface area contributed by atoms with Crippen molar-refractivity contribution >= 4 is 5.95 Å². The first kappa shape index (κ1) is 14.5. The Morgan fingerprint density at radius 3 is 2.90 bits per heavy atom. The summed E-state index contributed by atoms with van der Waals surface area (Å²) >= 11 is 0. The summed E-state index contributed by atoms with van der Waals surface area (Å²) in [6, 6.07) is 0. The van der Waals surface area contributed by atoms with Gasteiger partial charge in [-0.25, -0.2) is 4.98 Å². The first-order valence-corrected chi connectivity index (χ1v) is 6.83. The number of nitrogens with one attached hydrogen (secondary N) is 1. The smallest absolute Gasteiger partial charge is 0.246 e. The van der Waals surface area contributed by atoms with E-state index in [9.17, 15) is 0 Å². The van der Waals surface area contributed by atoms with Crippen LogP contribution in [0.4, 0.5) is 5.95 Å². The number of aryl methyl sites for hydroxylation is 2. The molecule has 0 amide bonds. The summed E-state index contributed by atoms with van der Waals surface area (Å²) in [5.41, 5.74) is 0.952. The minimum Gasteiger partial charge on any atom is -0.382 e. The molecule has 0 aromatic carbocycles. The molecule has 0 aliphatic carbocycles. The molecule has 2 aromatic rings. The zero-order valence-electron chi connectivity index (χ0n) is 12.2. The third-order valence-corrected chi connectivity index (χ3v) is 2.72. The van der Waals surface area contributed by atoms with Crippen molar-refractivity contribution in [3.05, 3.63) is 23.6 Å². The van der Waals surface area contributed by atoms with Crippen molar-refractivity contribution < 1.29 is 9.26 Å². The van der Waals surface area contributed by atoms with E-state index in [1.807, 2.05) is 24.6 Å². The molecule has 2 rings (SSSR count). The minimum absolute atomic E-state index is 0.523. The molecule has 2 heterocycles. The molecule has 0 spiro atoms. The van der Waals surface area contributed by atoms with Gasteiger partial charge in [-0.05, 0) is 27.2 Å². The number of rotatable bonds is 8. The summed E-state index contributed by atoms with van der Waals surface area (Å²) in [7, 11) is 0. The predicted octanol–water partition coefficient (Wildman–Crippen LogP) is 1.77. The number of ether oxygens (including phenoxy) is 1. The van der Waals surface area contributed by atoms with E-state index < -0.39 is 0 Å². The summed E-state index contributed by atoms with van der Waals surface area (Å²) in [6.07, 6.45) is 2.91. The van der Waals surface area contributed by atoms with E-state index >= 15 is 0 Å². The topological polar surface area (TPSA) is 78.0 Å². The van der Waals surface area contributed by atoms with Crippen LogP contribution in [0.2, 0.25) is 0 Å². The van der Waals surface area contributed by atoms with Crippen molar-refractivity contribution in [2.45, 2.75) is 33.7 Å². The van der Waals surface area contributed by atoms with Crippen molar-refractivity contribution in [3.63, 3.8) is 0 Å². The monoisotopic (exact) mass is 279 g/mol. The Kier molecular flexibility index (Phi) is 5.11. The van der Waals surface area contributed by atoms with Gasteiger partial charge in [0.25, 0.3) is 0 Å². The molecule has 7 nitrogen and oxygen atoms in total. The van der Waals surface area contributed by atoms with Crippen LogP contribution < -0.4 is 5.32 Å². The second-order valence-electron chi connectivity index (χ2n) is 4.55. The molecule has 0 unspecified atom stereocenters. The molecule has 0 saturated heterocycles. The van der Waals surface area contributed by atoms with Gasteiger partial charge in [-0.1, -0.05) is 5.16 Å². The maximum Gasteiger partial charge on any atom is 0.246 e. The second kappa shape index (κ2) is 7.04. The van der Waals surface area contributed by atoms with Crippen LogP contribution in [0.15, 0.2) is 10.7 Å². The van der Waals surface area contributed by atoms with E-state index in [0.717, 1.165) is 37.8 Å². The molecule has 2 aromatic heterocycles. The van der Waals surface area contributed by atoms with Crippen molar-refractivity contribution in [2.75, 3.05) is 25.1 Å². The maximum atomic E-state index is 5.30. The van der Waals surface area contributed by atoms with E-state index in [0.29, 0.717) is 18.3 Å². The average molecular weight is 279 g/mol. The Morgan fingerprint density at radius 1 is 1.35 bits per heavy atom. The van der Waals surface area contributed by atoms with Crippen molar-refractivity contribution in [2.24, 2.45) is 0 Å². The minimum atomic E-state index is 0.523. The number of hydrogen-bond acceptors (Lipinski definition) is 6. The molecule has 0 aliphatic heterocycles. The first-order chi connectivity index (χ1) is 9.69. The molecule has 0 aliphatic rings. The van der Waals surface area contributed by atoms with E-state index in [1.165, 1.54) is 0 Å². The van der Waals surface area contributed by atoms with Gasteiger partial charge in [0, 0.05) is 26.0 Å². The molecule has 0 bridgehead atoms. The highest BCUT2D eigenvalue weighted by Gasteiger charge is 2.09. The lowest BCUT2D eigenvalue weighted by Gasteiger charge is -2.07. The van der Waals surface area contributed by atoms with Crippen LogP contribution in [0.3, 0.4) is 0 Å². The van der Waals surface area contributed by atoms with Crippen LogP contribution in [-0.4, -0.2) is 39.5 Å². The number of hydrogen-bond donors (Lipinski definition) is 1. The Morgan fingerprint density at radius 2 is 2.20 bits per heavy atom. The van der Waals surface area contributed by atoms with Gasteiger partial charge in [0.15, 0.2) is 5.82 Å². The normalized spacial score (nSPS) is 10.9. The molecule has 1 N–H and O–H groups in total. The van der Waals surface area contributed by atoms with E-state index in [-0.39, 0.29) is 0 Å². The van der Waals surface area contributed by atoms with Gasteiger partial charge in [-0.3, -0.25) is 0 Å². The van der Waals surface area contributed by atoms with Crippen LogP contribution in [0.1, 0.15) is 30.8 Å². The fourth-order valence-electron chi connectivity index (χ4n) is 1.88. The Labute approximate surface area is 118 Å². The summed E-state index contributed by atoms with van der Waals surface area (Å²) in [4.78, 5) is 8.66. The summed E-state index contributed by atoms with van der Waals surface area (Å²) in [5, 5.41) is 7.09. The number of nitrogens with zero attached hydrogens (tertiary/aromatic N) is 4. The zero-order chi connectivity index (χ0) is 14.4. The molecule has 0 atom stereocenters. The van der Waals surface area contributed by atoms with Crippen molar-refractivity contribution in [1.29, 1.82) is 0 Å². The number of imidazole rings is 1. The van der Waals surface area contributed by atoms with Gasteiger partial charge >= 0.3 is 0 Å². The SMILES string of the molecule is CCOCCCNc1nc(C)cn1Cc1nc(C)no1. The molecule has 0 radical (unpaired) electrons. The molecule has 0 fully saturated rings. The Hall–Kier alpha value is -1.89. The van der Waals surface area contributed by atoms with Crippen LogP contribution in [0, 0.1) is 13.8 Å². The highest BCUT2D eigenvalue weighted by atomic mass is 16.5. The molecule has 110 valence electrons. The average Bonchev–Trinajstić information content (AvgIpc) is 2.96. The second-order valence-corrected chi connectivity index (χ2v) is 4.55.